The molecule has 2 aromatic carbocycles. The highest BCUT2D eigenvalue weighted by Crippen LogP contribution is 2.40. The monoisotopic (exact) mass is 478 g/mol. The number of carbonyl (C=O) groups excluding carboxylic acids is 2. The number of hydrogen-bond acceptors (Lipinski definition) is 5. The van der Waals surface area contributed by atoms with Gasteiger partial charge in [-0.3, -0.25) is 9.59 Å². The number of ether oxygens (including phenoxy) is 1. The van der Waals surface area contributed by atoms with Gasteiger partial charge in [0.05, 0.1) is 18.2 Å². The Hall–Kier alpha value is -3.12. The highest BCUT2D eigenvalue weighted by atomic mass is 16.5. The number of aryl methyl sites for hydroxylation is 2. The van der Waals surface area contributed by atoms with Crippen LogP contribution in [0.1, 0.15) is 60.9 Å². The number of hydrogen-bond donors (Lipinski definition) is 1. The standard InChI is InChI=1S/C29H38N2O4/c1-6-7-8-18-35-23-14-12-22(13-15-23)26-25(27(32)24-19-20(2)10-11-21(24)3)28(33)29(34)31(26)17-9-16-30(4)5/h10-15,19,26,32H,6-9,16-18H2,1-5H3. The summed E-state index contributed by atoms with van der Waals surface area (Å²) in [5, 5.41) is 11.3. The van der Waals surface area contributed by atoms with Crippen LogP contribution in [0.5, 0.6) is 5.75 Å². The number of amides is 1. The van der Waals surface area contributed by atoms with Gasteiger partial charge < -0.3 is 19.6 Å². The Bertz CT molecular complexity index is 1070. The third kappa shape index (κ3) is 6.31. The second-order valence-corrected chi connectivity index (χ2v) is 9.59. The van der Waals surface area contributed by atoms with E-state index in [9.17, 15) is 14.7 Å². The summed E-state index contributed by atoms with van der Waals surface area (Å²) in [4.78, 5) is 30.0. The number of benzene rings is 2. The molecule has 1 aliphatic rings. The van der Waals surface area contributed by atoms with Crippen molar-refractivity contribution in [1.29, 1.82) is 0 Å². The van der Waals surface area contributed by atoms with Gasteiger partial charge in [0.1, 0.15) is 11.5 Å². The molecule has 35 heavy (non-hydrogen) atoms. The molecule has 1 heterocycles. The lowest BCUT2D eigenvalue weighted by Gasteiger charge is -2.26. The molecular formula is C29H38N2O4. The maximum absolute atomic E-state index is 13.2. The van der Waals surface area contributed by atoms with Crippen LogP contribution in [0.4, 0.5) is 0 Å². The lowest BCUT2D eigenvalue weighted by Crippen LogP contribution is -2.32. The van der Waals surface area contributed by atoms with Crippen molar-refractivity contribution in [1.82, 2.24) is 9.80 Å². The van der Waals surface area contributed by atoms with Crippen LogP contribution in [0.25, 0.3) is 5.76 Å². The minimum atomic E-state index is -0.647. The Morgan fingerprint density at radius 3 is 2.40 bits per heavy atom. The molecule has 3 rings (SSSR count). The van der Waals surface area contributed by atoms with Gasteiger partial charge in [-0.2, -0.15) is 0 Å². The summed E-state index contributed by atoms with van der Waals surface area (Å²) >= 11 is 0. The van der Waals surface area contributed by atoms with E-state index < -0.39 is 17.7 Å². The van der Waals surface area contributed by atoms with Gasteiger partial charge in [-0.05, 0) is 76.7 Å². The molecule has 0 aliphatic carbocycles. The van der Waals surface area contributed by atoms with E-state index in [2.05, 4.69) is 6.92 Å². The zero-order valence-corrected chi connectivity index (χ0v) is 21.6. The molecule has 0 aromatic heterocycles. The quantitative estimate of drug-likeness (QED) is 0.207. The van der Waals surface area contributed by atoms with Gasteiger partial charge in [-0.15, -0.1) is 0 Å². The minimum Gasteiger partial charge on any atom is -0.507 e. The topological polar surface area (TPSA) is 70.1 Å². The average molecular weight is 479 g/mol. The summed E-state index contributed by atoms with van der Waals surface area (Å²) in [6.45, 7) is 7.85. The first-order valence-corrected chi connectivity index (χ1v) is 12.5. The third-order valence-electron chi connectivity index (χ3n) is 6.40. The molecule has 1 amide bonds. The third-order valence-corrected chi connectivity index (χ3v) is 6.40. The fourth-order valence-corrected chi connectivity index (χ4v) is 4.44. The van der Waals surface area contributed by atoms with Crippen molar-refractivity contribution in [3.63, 3.8) is 0 Å². The first-order valence-electron chi connectivity index (χ1n) is 12.5. The summed E-state index contributed by atoms with van der Waals surface area (Å²) in [6, 6.07) is 12.6. The number of aliphatic hydroxyl groups is 1. The molecule has 6 nitrogen and oxygen atoms in total. The fourth-order valence-electron chi connectivity index (χ4n) is 4.44. The Morgan fingerprint density at radius 2 is 1.74 bits per heavy atom. The molecule has 1 N–H and O–H groups in total. The Labute approximate surface area is 209 Å². The van der Waals surface area contributed by atoms with E-state index in [-0.39, 0.29) is 11.3 Å². The normalized spacial score (nSPS) is 17.4. The van der Waals surface area contributed by atoms with E-state index in [0.29, 0.717) is 18.7 Å². The number of Topliss-reactive ketones (excluding diaryl/α,β-unsaturated/α-hetero) is 1. The SMILES string of the molecule is CCCCCOc1ccc(C2C(=C(O)c3cc(C)ccc3C)C(=O)C(=O)N2CCCN(C)C)cc1. The van der Waals surface area contributed by atoms with Crippen molar-refractivity contribution in [2.45, 2.75) is 52.5 Å². The minimum absolute atomic E-state index is 0.121. The molecular weight excluding hydrogens is 440 g/mol. The molecule has 1 unspecified atom stereocenters. The first-order chi connectivity index (χ1) is 16.7. The van der Waals surface area contributed by atoms with E-state index in [1.165, 1.54) is 0 Å². The highest BCUT2D eigenvalue weighted by Gasteiger charge is 2.45. The zero-order chi connectivity index (χ0) is 25.5. The molecule has 0 spiro atoms. The predicted octanol–water partition coefficient (Wildman–Crippen LogP) is 5.25. The van der Waals surface area contributed by atoms with E-state index in [0.717, 1.165) is 54.7 Å². The van der Waals surface area contributed by atoms with Gasteiger partial charge in [0.2, 0.25) is 0 Å². The number of rotatable bonds is 11. The highest BCUT2D eigenvalue weighted by molar-refractivity contribution is 6.46. The van der Waals surface area contributed by atoms with E-state index in [1.807, 2.05) is 75.3 Å². The molecule has 0 bridgehead atoms. The van der Waals surface area contributed by atoms with Crippen molar-refractivity contribution >= 4 is 17.4 Å². The molecule has 0 saturated carbocycles. The summed E-state index contributed by atoms with van der Waals surface area (Å²) in [5.41, 5.74) is 3.32. The Kier molecular flexibility index (Phi) is 9.10. The first kappa shape index (κ1) is 26.5. The van der Waals surface area contributed by atoms with E-state index in [4.69, 9.17) is 4.74 Å². The van der Waals surface area contributed by atoms with E-state index >= 15 is 0 Å². The molecule has 1 atom stereocenters. The lowest BCUT2D eigenvalue weighted by molar-refractivity contribution is -0.139. The van der Waals surface area contributed by atoms with Gasteiger partial charge in [-0.25, -0.2) is 0 Å². The second kappa shape index (κ2) is 12.0. The van der Waals surface area contributed by atoms with Gasteiger partial charge in [0, 0.05) is 12.1 Å². The van der Waals surface area contributed by atoms with Gasteiger partial charge in [0.15, 0.2) is 0 Å². The number of nitrogens with zero attached hydrogens (tertiary/aromatic N) is 2. The van der Waals surface area contributed by atoms with Gasteiger partial charge in [0.25, 0.3) is 11.7 Å². The Balaban J connectivity index is 2.00. The summed E-state index contributed by atoms with van der Waals surface area (Å²) < 4.78 is 5.84. The van der Waals surface area contributed by atoms with Crippen LogP contribution in [0.15, 0.2) is 48.0 Å². The number of carbonyl (C=O) groups is 2. The maximum atomic E-state index is 13.2. The van der Waals surface area contributed by atoms with Crippen molar-refractivity contribution in [2.24, 2.45) is 0 Å². The van der Waals surface area contributed by atoms with Crippen LogP contribution < -0.4 is 4.74 Å². The van der Waals surface area contributed by atoms with Crippen LogP contribution in [-0.2, 0) is 9.59 Å². The van der Waals surface area contributed by atoms with Crippen LogP contribution in [-0.4, -0.2) is 60.4 Å². The van der Waals surface area contributed by atoms with Crippen LogP contribution in [0.2, 0.25) is 0 Å². The zero-order valence-electron chi connectivity index (χ0n) is 21.6. The largest absolute Gasteiger partial charge is 0.507 e. The second-order valence-electron chi connectivity index (χ2n) is 9.59. The number of ketones is 1. The smallest absolute Gasteiger partial charge is 0.295 e. The molecule has 1 aliphatic heterocycles. The van der Waals surface area contributed by atoms with Gasteiger partial charge in [-0.1, -0.05) is 49.6 Å². The average Bonchev–Trinajstić information content (AvgIpc) is 3.08. The summed E-state index contributed by atoms with van der Waals surface area (Å²) in [6.07, 6.45) is 3.98. The predicted molar refractivity (Wildman–Crippen MR) is 140 cm³/mol. The van der Waals surface area contributed by atoms with Crippen LogP contribution >= 0.6 is 0 Å². The lowest BCUT2D eigenvalue weighted by atomic mass is 9.93. The molecule has 2 aromatic rings. The molecule has 0 radical (unpaired) electrons. The van der Waals surface area contributed by atoms with Crippen LogP contribution in [0, 0.1) is 13.8 Å². The summed E-state index contributed by atoms with van der Waals surface area (Å²) in [7, 11) is 3.96. The van der Waals surface area contributed by atoms with Crippen molar-refractivity contribution in [2.75, 3.05) is 33.8 Å². The molecule has 188 valence electrons. The number of aliphatic hydroxyl groups excluding tert-OH is 1. The van der Waals surface area contributed by atoms with Crippen LogP contribution in [0.3, 0.4) is 0 Å². The number of likely N-dealkylation sites (tertiary alicyclic amines) is 1. The maximum Gasteiger partial charge on any atom is 0.295 e. The number of unbranched alkanes of at least 4 members (excludes halogenated alkanes) is 2. The van der Waals surface area contributed by atoms with Gasteiger partial charge >= 0.3 is 0 Å². The van der Waals surface area contributed by atoms with Crippen molar-refractivity contribution in [3.05, 3.63) is 70.3 Å². The Morgan fingerprint density at radius 1 is 1.03 bits per heavy atom. The van der Waals surface area contributed by atoms with Crippen molar-refractivity contribution < 1.29 is 19.4 Å². The van der Waals surface area contributed by atoms with E-state index in [1.54, 1.807) is 4.90 Å². The molecule has 6 heteroatoms. The van der Waals surface area contributed by atoms with Crippen molar-refractivity contribution in [3.8, 4) is 5.75 Å². The fraction of sp³-hybridized carbons (Fsp3) is 0.448. The summed E-state index contributed by atoms with van der Waals surface area (Å²) in [5.74, 6) is -0.577. The molecule has 1 fully saturated rings. The molecule has 1 saturated heterocycles.